The van der Waals surface area contributed by atoms with Gasteiger partial charge in [-0.05, 0) is 25.2 Å². The average Bonchev–Trinajstić information content (AvgIpc) is 3.11. The van der Waals surface area contributed by atoms with Crippen molar-refractivity contribution >= 4 is 5.96 Å². The predicted octanol–water partition coefficient (Wildman–Crippen LogP) is 0.325. The SMILES string of the molecule is COC1CN(C(=NC2CC2)NN)CCC1C. The minimum atomic E-state index is 0.284. The molecule has 1 aliphatic carbocycles. The summed E-state index contributed by atoms with van der Waals surface area (Å²) in [5.74, 6) is 6.98. The normalized spacial score (nSPS) is 31.7. The Kier molecular flexibility index (Phi) is 3.66. The van der Waals surface area contributed by atoms with Crippen LogP contribution in [-0.4, -0.2) is 43.2 Å². The number of hydrazine groups is 1. The number of hydrogen-bond acceptors (Lipinski definition) is 3. The van der Waals surface area contributed by atoms with E-state index in [0.29, 0.717) is 12.0 Å². The molecule has 16 heavy (non-hydrogen) atoms. The van der Waals surface area contributed by atoms with E-state index in [1.54, 1.807) is 7.11 Å². The van der Waals surface area contributed by atoms with E-state index in [2.05, 4.69) is 22.2 Å². The summed E-state index contributed by atoms with van der Waals surface area (Å²) in [6.07, 6.45) is 3.81. The van der Waals surface area contributed by atoms with E-state index < -0.39 is 0 Å². The second-order valence-electron chi connectivity index (χ2n) is 4.81. The molecule has 1 heterocycles. The van der Waals surface area contributed by atoms with Gasteiger partial charge < -0.3 is 9.64 Å². The van der Waals surface area contributed by atoms with E-state index in [-0.39, 0.29) is 6.10 Å². The summed E-state index contributed by atoms with van der Waals surface area (Å²) in [5, 5.41) is 0. The molecule has 0 aromatic rings. The van der Waals surface area contributed by atoms with E-state index in [1.807, 2.05) is 0 Å². The fourth-order valence-electron chi connectivity index (χ4n) is 2.12. The molecule has 2 unspecified atom stereocenters. The van der Waals surface area contributed by atoms with Crippen molar-refractivity contribution in [1.82, 2.24) is 10.3 Å². The highest BCUT2D eigenvalue weighted by molar-refractivity contribution is 5.79. The molecule has 2 aliphatic rings. The highest BCUT2D eigenvalue weighted by Gasteiger charge is 2.29. The number of aliphatic imine (C=N–C) groups is 1. The lowest BCUT2D eigenvalue weighted by Gasteiger charge is -2.37. The highest BCUT2D eigenvalue weighted by atomic mass is 16.5. The smallest absolute Gasteiger partial charge is 0.208 e. The number of likely N-dealkylation sites (tertiary alicyclic amines) is 1. The van der Waals surface area contributed by atoms with Gasteiger partial charge >= 0.3 is 0 Å². The van der Waals surface area contributed by atoms with Crippen LogP contribution in [0.3, 0.4) is 0 Å². The lowest BCUT2D eigenvalue weighted by Crippen LogP contribution is -2.52. The zero-order valence-corrected chi connectivity index (χ0v) is 10.1. The fraction of sp³-hybridized carbons (Fsp3) is 0.909. The van der Waals surface area contributed by atoms with Gasteiger partial charge in [0, 0.05) is 20.2 Å². The molecule has 3 N–H and O–H groups in total. The third-order valence-electron chi connectivity index (χ3n) is 3.47. The third-order valence-corrected chi connectivity index (χ3v) is 3.47. The quantitative estimate of drug-likeness (QED) is 0.308. The van der Waals surface area contributed by atoms with Crippen molar-refractivity contribution in [3.63, 3.8) is 0 Å². The van der Waals surface area contributed by atoms with Gasteiger partial charge in [0.1, 0.15) is 0 Å². The average molecular weight is 226 g/mol. The van der Waals surface area contributed by atoms with E-state index in [0.717, 1.165) is 25.5 Å². The first-order valence-corrected chi connectivity index (χ1v) is 6.06. The van der Waals surface area contributed by atoms with Crippen LogP contribution in [-0.2, 0) is 4.74 Å². The van der Waals surface area contributed by atoms with Gasteiger partial charge in [-0.3, -0.25) is 5.43 Å². The van der Waals surface area contributed by atoms with Gasteiger partial charge in [-0.2, -0.15) is 0 Å². The van der Waals surface area contributed by atoms with Gasteiger partial charge in [-0.25, -0.2) is 10.8 Å². The van der Waals surface area contributed by atoms with Crippen LogP contribution in [0.4, 0.5) is 0 Å². The maximum Gasteiger partial charge on any atom is 0.208 e. The molecular formula is C11H22N4O. The predicted molar refractivity (Wildman–Crippen MR) is 63.9 cm³/mol. The second-order valence-corrected chi connectivity index (χ2v) is 4.81. The lowest BCUT2D eigenvalue weighted by molar-refractivity contribution is 0.0139. The molecule has 92 valence electrons. The molecule has 1 saturated carbocycles. The van der Waals surface area contributed by atoms with Gasteiger partial charge in [-0.1, -0.05) is 6.92 Å². The topological polar surface area (TPSA) is 62.9 Å². The Labute approximate surface area is 97.0 Å². The molecule has 2 fully saturated rings. The molecule has 0 aromatic carbocycles. The number of piperidine rings is 1. The number of nitrogens with two attached hydrogens (primary N) is 1. The van der Waals surface area contributed by atoms with Crippen LogP contribution in [0, 0.1) is 5.92 Å². The molecule has 0 radical (unpaired) electrons. The summed E-state index contributed by atoms with van der Waals surface area (Å²) in [4.78, 5) is 6.78. The molecule has 0 bridgehead atoms. The Balaban J connectivity index is 1.97. The molecule has 5 nitrogen and oxygen atoms in total. The van der Waals surface area contributed by atoms with Crippen LogP contribution in [0.15, 0.2) is 4.99 Å². The van der Waals surface area contributed by atoms with E-state index in [1.165, 1.54) is 12.8 Å². The van der Waals surface area contributed by atoms with Crippen molar-refractivity contribution in [2.24, 2.45) is 16.8 Å². The van der Waals surface area contributed by atoms with Crippen molar-refractivity contribution in [2.45, 2.75) is 38.3 Å². The largest absolute Gasteiger partial charge is 0.379 e. The van der Waals surface area contributed by atoms with Gasteiger partial charge in [0.05, 0.1) is 12.1 Å². The van der Waals surface area contributed by atoms with Crippen molar-refractivity contribution in [3.8, 4) is 0 Å². The van der Waals surface area contributed by atoms with E-state index in [9.17, 15) is 0 Å². The molecule has 5 heteroatoms. The van der Waals surface area contributed by atoms with Crippen molar-refractivity contribution in [3.05, 3.63) is 0 Å². The van der Waals surface area contributed by atoms with Gasteiger partial charge in [0.2, 0.25) is 5.96 Å². The Morgan fingerprint density at radius 1 is 1.44 bits per heavy atom. The van der Waals surface area contributed by atoms with Gasteiger partial charge in [0.25, 0.3) is 0 Å². The fourth-order valence-corrected chi connectivity index (χ4v) is 2.12. The number of methoxy groups -OCH3 is 1. The summed E-state index contributed by atoms with van der Waals surface area (Å²) in [5.41, 5.74) is 2.72. The third kappa shape index (κ3) is 2.65. The molecular weight excluding hydrogens is 204 g/mol. The monoisotopic (exact) mass is 226 g/mol. The van der Waals surface area contributed by atoms with Gasteiger partial charge in [-0.15, -0.1) is 0 Å². The minimum absolute atomic E-state index is 0.284. The summed E-state index contributed by atoms with van der Waals surface area (Å²) >= 11 is 0. The van der Waals surface area contributed by atoms with E-state index in [4.69, 9.17) is 10.6 Å². The van der Waals surface area contributed by atoms with Crippen molar-refractivity contribution in [2.75, 3.05) is 20.2 Å². The minimum Gasteiger partial charge on any atom is -0.379 e. The summed E-state index contributed by atoms with van der Waals surface area (Å²) in [6.45, 7) is 4.13. The molecule has 2 rings (SSSR count). The first kappa shape index (κ1) is 11.7. The Morgan fingerprint density at radius 2 is 2.19 bits per heavy atom. The molecule has 0 spiro atoms. The standard InChI is InChI=1S/C11H22N4O/c1-8-5-6-15(7-10(8)16-2)11(14-12)13-9-3-4-9/h8-10H,3-7,12H2,1-2H3,(H,13,14). The van der Waals surface area contributed by atoms with E-state index >= 15 is 0 Å². The summed E-state index contributed by atoms with van der Waals surface area (Å²) in [6, 6.07) is 0.492. The van der Waals surface area contributed by atoms with Crippen LogP contribution in [0.5, 0.6) is 0 Å². The second kappa shape index (κ2) is 5.01. The maximum atomic E-state index is 5.54. The highest BCUT2D eigenvalue weighted by Crippen LogP contribution is 2.25. The number of hydrogen-bond donors (Lipinski definition) is 2. The summed E-state index contributed by atoms with van der Waals surface area (Å²) < 4.78 is 5.48. The van der Waals surface area contributed by atoms with Crippen LogP contribution >= 0.6 is 0 Å². The number of rotatable bonds is 2. The first-order chi connectivity index (χ1) is 7.74. The number of nitrogens with zero attached hydrogens (tertiary/aromatic N) is 2. The zero-order chi connectivity index (χ0) is 11.5. The number of ether oxygens (including phenoxy) is 1. The number of guanidine groups is 1. The Hall–Kier alpha value is -0.810. The number of nitrogens with one attached hydrogen (secondary N) is 1. The Morgan fingerprint density at radius 3 is 2.75 bits per heavy atom. The van der Waals surface area contributed by atoms with Crippen LogP contribution in [0.25, 0.3) is 0 Å². The van der Waals surface area contributed by atoms with Crippen molar-refractivity contribution in [1.29, 1.82) is 0 Å². The molecule has 1 aliphatic heterocycles. The Bertz CT molecular complexity index is 265. The maximum absolute atomic E-state index is 5.54. The molecule has 1 saturated heterocycles. The zero-order valence-electron chi connectivity index (χ0n) is 10.1. The first-order valence-electron chi connectivity index (χ1n) is 6.06. The van der Waals surface area contributed by atoms with Crippen LogP contribution in [0.1, 0.15) is 26.2 Å². The molecule has 0 aromatic heterocycles. The van der Waals surface area contributed by atoms with Crippen LogP contribution < -0.4 is 11.3 Å². The summed E-state index contributed by atoms with van der Waals surface area (Å²) in [7, 11) is 1.78. The van der Waals surface area contributed by atoms with Crippen LogP contribution in [0.2, 0.25) is 0 Å². The molecule has 0 amide bonds. The molecule has 2 atom stereocenters. The van der Waals surface area contributed by atoms with Gasteiger partial charge in [0.15, 0.2) is 0 Å². The lowest BCUT2D eigenvalue weighted by atomic mass is 9.96. The van der Waals surface area contributed by atoms with Crippen molar-refractivity contribution < 1.29 is 4.74 Å².